The highest BCUT2D eigenvalue weighted by atomic mass is 32.1. The van der Waals surface area contributed by atoms with Crippen LogP contribution in [0.5, 0.6) is 0 Å². The van der Waals surface area contributed by atoms with Gasteiger partial charge in [-0.2, -0.15) is 0 Å². The Morgan fingerprint density at radius 1 is 1.00 bits per heavy atom. The molecule has 0 amide bonds. The molecule has 0 radical (unpaired) electrons. The topological polar surface area (TPSA) is 13.1 Å². The molecule has 82 valence electrons. The second-order valence-electron chi connectivity index (χ2n) is 4.00. The molecule has 0 aliphatic carbocycles. The van der Waals surface area contributed by atoms with E-state index >= 15 is 0 Å². The van der Waals surface area contributed by atoms with Gasteiger partial charge in [-0.1, -0.05) is 12.1 Å². The molecular weight excluding hydrogens is 235 g/mol. The summed E-state index contributed by atoms with van der Waals surface area (Å²) < 4.78 is 21.2. The average molecular weight is 242 g/mol. The number of rotatable bonds is 0. The van der Waals surface area contributed by atoms with Crippen molar-refractivity contribution in [2.24, 2.45) is 0 Å². The van der Waals surface area contributed by atoms with Crippen molar-refractivity contribution in [3.63, 3.8) is 0 Å². The van der Waals surface area contributed by atoms with E-state index < -0.39 is 0 Å². The summed E-state index contributed by atoms with van der Waals surface area (Å²) in [5.74, 6) is -0.224. The van der Waals surface area contributed by atoms with Crippen LogP contribution in [0.2, 0.25) is 0 Å². The minimum Gasteiger partial charge on any atom is -0.454 e. The molecule has 0 aliphatic rings. The first-order valence-electron chi connectivity index (χ1n) is 5.32. The molecule has 0 saturated carbocycles. The van der Waals surface area contributed by atoms with E-state index in [1.165, 1.54) is 12.1 Å². The van der Waals surface area contributed by atoms with Gasteiger partial charge in [-0.3, -0.25) is 0 Å². The third kappa shape index (κ3) is 1.17. The fraction of sp³-hybridized carbons (Fsp3) is 0. The van der Waals surface area contributed by atoms with Crippen molar-refractivity contribution in [2.45, 2.75) is 0 Å². The quantitative estimate of drug-likeness (QED) is 0.425. The molecule has 0 N–H and O–H groups in total. The Morgan fingerprint density at radius 2 is 1.88 bits per heavy atom. The van der Waals surface area contributed by atoms with E-state index in [4.69, 9.17) is 4.42 Å². The largest absolute Gasteiger partial charge is 0.454 e. The van der Waals surface area contributed by atoms with Crippen LogP contribution in [0.15, 0.2) is 46.9 Å². The molecule has 0 bridgehead atoms. The standard InChI is InChI=1S/C14H7FOS/c15-8-5-6-12-10(7-8)13-14(17-12)9-3-1-2-4-11(9)16-13/h1-7H. The maximum absolute atomic E-state index is 13.3. The Labute approximate surface area is 100 Å². The van der Waals surface area contributed by atoms with Gasteiger partial charge in [0.15, 0.2) is 5.58 Å². The zero-order valence-corrected chi connectivity index (χ0v) is 9.55. The van der Waals surface area contributed by atoms with Crippen LogP contribution in [0.3, 0.4) is 0 Å². The minimum atomic E-state index is -0.224. The molecule has 17 heavy (non-hydrogen) atoms. The maximum atomic E-state index is 13.3. The molecule has 0 unspecified atom stereocenters. The lowest BCUT2D eigenvalue weighted by Crippen LogP contribution is -1.69. The van der Waals surface area contributed by atoms with Crippen LogP contribution in [0, 0.1) is 5.82 Å². The Balaban J connectivity index is 2.30. The molecule has 2 aromatic carbocycles. The first kappa shape index (κ1) is 9.19. The minimum absolute atomic E-state index is 0.224. The zero-order chi connectivity index (χ0) is 11.4. The van der Waals surface area contributed by atoms with Gasteiger partial charge < -0.3 is 4.42 Å². The van der Waals surface area contributed by atoms with E-state index in [0.29, 0.717) is 0 Å². The number of furan rings is 1. The van der Waals surface area contributed by atoms with Crippen molar-refractivity contribution in [1.29, 1.82) is 0 Å². The Hall–Kier alpha value is -1.87. The van der Waals surface area contributed by atoms with Crippen molar-refractivity contribution in [3.8, 4) is 0 Å². The highest BCUT2D eigenvalue weighted by molar-refractivity contribution is 7.26. The lowest BCUT2D eigenvalue weighted by Gasteiger charge is -1.89. The van der Waals surface area contributed by atoms with E-state index in [-0.39, 0.29) is 5.82 Å². The summed E-state index contributed by atoms with van der Waals surface area (Å²) in [6, 6.07) is 12.7. The summed E-state index contributed by atoms with van der Waals surface area (Å²) in [5, 5.41) is 1.96. The average Bonchev–Trinajstić information content (AvgIpc) is 2.85. The highest BCUT2D eigenvalue weighted by Gasteiger charge is 2.13. The number of hydrogen-bond donors (Lipinski definition) is 0. The van der Waals surface area contributed by atoms with Gasteiger partial charge in [0.1, 0.15) is 11.4 Å². The molecule has 4 rings (SSSR count). The molecule has 3 heteroatoms. The van der Waals surface area contributed by atoms with E-state index in [0.717, 1.165) is 31.3 Å². The van der Waals surface area contributed by atoms with Crippen molar-refractivity contribution in [1.82, 2.24) is 0 Å². The SMILES string of the molecule is Fc1ccc2sc3c4ccccc4oc3c2c1. The Kier molecular flexibility index (Phi) is 1.66. The highest BCUT2D eigenvalue weighted by Crippen LogP contribution is 2.40. The van der Waals surface area contributed by atoms with Crippen LogP contribution in [0.1, 0.15) is 0 Å². The molecule has 0 aliphatic heterocycles. The summed E-state index contributed by atoms with van der Waals surface area (Å²) in [5.41, 5.74) is 1.66. The molecule has 2 heterocycles. The molecule has 4 aromatic rings. The lowest BCUT2D eigenvalue weighted by molar-refractivity contribution is 0.629. The van der Waals surface area contributed by atoms with Crippen LogP contribution in [0.4, 0.5) is 4.39 Å². The summed E-state index contributed by atoms with van der Waals surface area (Å²) in [6.45, 7) is 0. The molecule has 1 nitrogen and oxygen atoms in total. The third-order valence-electron chi connectivity index (χ3n) is 2.95. The van der Waals surface area contributed by atoms with E-state index in [1.807, 2.05) is 24.3 Å². The molecular formula is C14H7FOS. The summed E-state index contributed by atoms with van der Waals surface area (Å²) in [4.78, 5) is 0. The maximum Gasteiger partial charge on any atom is 0.154 e. The predicted octanol–water partition coefficient (Wildman–Crippen LogP) is 4.94. The van der Waals surface area contributed by atoms with Crippen LogP contribution in [-0.2, 0) is 0 Å². The number of thiophene rings is 1. The summed E-state index contributed by atoms with van der Waals surface area (Å²) in [6.07, 6.45) is 0. The summed E-state index contributed by atoms with van der Waals surface area (Å²) >= 11 is 1.65. The summed E-state index contributed by atoms with van der Waals surface area (Å²) in [7, 11) is 0. The number of para-hydroxylation sites is 1. The van der Waals surface area contributed by atoms with Crippen molar-refractivity contribution >= 4 is 42.7 Å². The number of hydrogen-bond acceptors (Lipinski definition) is 2. The molecule has 0 saturated heterocycles. The van der Waals surface area contributed by atoms with Gasteiger partial charge in [-0.15, -0.1) is 11.3 Å². The van der Waals surface area contributed by atoms with Crippen LogP contribution >= 0.6 is 11.3 Å². The second kappa shape index (κ2) is 3.08. The van der Waals surface area contributed by atoms with Crippen molar-refractivity contribution in [2.75, 3.05) is 0 Å². The number of benzene rings is 2. The molecule has 0 fully saturated rings. The Bertz CT molecular complexity index is 856. The van der Waals surface area contributed by atoms with E-state index in [9.17, 15) is 4.39 Å². The number of halogens is 1. The second-order valence-corrected chi connectivity index (χ2v) is 5.05. The van der Waals surface area contributed by atoms with Crippen LogP contribution in [0.25, 0.3) is 31.3 Å². The Morgan fingerprint density at radius 3 is 2.82 bits per heavy atom. The van der Waals surface area contributed by atoms with Crippen LogP contribution < -0.4 is 0 Å². The molecule has 0 spiro atoms. The fourth-order valence-electron chi connectivity index (χ4n) is 2.18. The first-order chi connectivity index (χ1) is 8.33. The smallest absolute Gasteiger partial charge is 0.154 e. The lowest BCUT2D eigenvalue weighted by atomic mass is 10.2. The van der Waals surface area contributed by atoms with Crippen molar-refractivity contribution < 1.29 is 8.81 Å². The molecule has 2 aromatic heterocycles. The van der Waals surface area contributed by atoms with Gasteiger partial charge in [0.2, 0.25) is 0 Å². The van der Waals surface area contributed by atoms with Crippen molar-refractivity contribution in [3.05, 3.63) is 48.3 Å². The van der Waals surface area contributed by atoms with Gasteiger partial charge in [0, 0.05) is 15.5 Å². The van der Waals surface area contributed by atoms with Crippen LogP contribution in [-0.4, -0.2) is 0 Å². The third-order valence-corrected chi connectivity index (χ3v) is 4.13. The van der Waals surface area contributed by atoms with Gasteiger partial charge in [-0.25, -0.2) is 4.39 Å². The van der Waals surface area contributed by atoms with Gasteiger partial charge in [0.05, 0.1) is 4.70 Å². The van der Waals surface area contributed by atoms with Gasteiger partial charge in [0.25, 0.3) is 0 Å². The monoisotopic (exact) mass is 242 g/mol. The number of fused-ring (bicyclic) bond motifs is 5. The predicted molar refractivity (Wildman–Crippen MR) is 69.1 cm³/mol. The fourth-order valence-corrected chi connectivity index (χ4v) is 3.32. The zero-order valence-electron chi connectivity index (χ0n) is 8.74. The molecule has 0 atom stereocenters. The normalized spacial score (nSPS) is 11.8. The van der Waals surface area contributed by atoms with E-state index in [1.54, 1.807) is 17.4 Å². The van der Waals surface area contributed by atoms with Gasteiger partial charge >= 0.3 is 0 Å². The van der Waals surface area contributed by atoms with Gasteiger partial charge in [-0.05, 0) is 30.3 Å². The first-order valence-corrected chi connectivity index (χ1v) is 6.14. The van der Waals surface area contributed by atoms with E-state index in [2.05, 4.69) is 0 Å².